The van der Waals surface area contributed by atoms with Gasteiger partial charge in [-0.25, -0.2) is 0 Å². The van der Waals surface area contributed by atoms with Crippen LogP contribution in [-0.4, -0.2) is 10.4 Å². The van der Waals surface area contributed by atoms with Crippen LogP contribution in [-0.2, 0) is 10.8 Å². The van der Waals surface area contributed by atoms with Crippen molar-refractivity contribution in [1.29, 1.82) is 0 Å². The van der Waals surface area contributed by atoms with Crippen molar-refractivity contribution in [2.24, 2.45) is 0 Å². The summed E-state index contributed by atoms with van der Waals surface area (Å²) in [5.41, 5.74) is 0. The lowest BCUT2D eigenvalue weighted by Gasteiger charge is -1.90. The highest BCUT2D eigenvalue weighted by molar-refractivity contribution is 7.84. The van der Waals surface area contributed by atoms with E-state index in [1.54, 1.807) is 30.3 Å². The third kappa shape index (κ3) is 1.64. The summed E-state index contributed by atoms with van der Waals surface area (Å²) in [6, 6.07) is 8.17. The maximum absolute atomic E-state index is 11.2. The lowest BCUT2D eigenvalue weighted by molar-refractivity contribution is 0.687. The molecule has 0 N–H and O–H groups in total. The van der Waals surface area contributed by atoms with E-state index in [4.69, 9.17) is 4.11 Å². The molecule has 0 saturated carbocycles. The van der Waals surface area contributed by atoms with Gasteiger partial charge in [-0.15, -0.1) is 0 Å². The fourth-order valence-electron chi connectivity index (χ4n) is 0.544. The Bertz CT molecular complexity index is 280. The Kier molecular flexibility index (Phi) is 1.09. The van der Waals surface area contributed by atoms with E-state index >= 15 is 0 Å². The largest absolute Gasteiger partial charge is 0.255 e. The van der Waals surface area contributed by atoms with Gasteiger partial charge in [0.25, 0.3) is 0 Å². The van der Waals surface area contributed by atoms with Gasteiger partial charge in [0.2, 0.25) is 0 Å². The van der Waals surface area contributed by atoms with Gasteiger partial charge in [0.05, 0.1) is 0 Å². The Labute approximate surface area is 61.4 Å². The monoisotopic (exact) mass is 143 g/mol. The van der Waals surface area contributed by atoms with Crippen molar-refractivity contribution in [3.8, 4) is 0 Å². The molecule has 0 aliphatic rings. The fraction of sp³-hybridized carbons (Fsp3) is 0.143. The maximum atomic E-state index is 11.2. The third-order valence-corrected chi connectivity index (χ3v) is 1.66. The van der Waals surface area contributed by atoms with Crippen LogP contribution in [0.5, 0.6) is 0 Å². The molecule has 2 heteroatoms. The van der Waals surface area contributed by atoms with Crippen molar-refractivity contribution < 1.29 is 8.32 Å². The van der Waals surface area contributed by atoms with Gasteiger partial charge >= 0.3 is 0 Å². The second-order valence-corrected chi connectivity index (χ2v) is 2.59. The quantitative estimate of drug-likeness (QED) is 0.581. The highest BCUT2D eigenvalue weighted by atomic mass is 32.2. The zero-order valence-electron chi connectivity index (χ0n) is 7.70. The topological polar surface area (TPSA) is 17.1 Å². The summed E-state index contributed by atoms with van der Waals surface area (Å²) in [6.45, 7) is 0. The molecule has 0 saturated heterocycles. The molecule has 9 heavy (non-hydrogen) atoms. The molecular formula is C7H8OS. The van der Waals surface area contributed by atoms with Crippen molar-refractivity contribution in [2.45, 2.75) is 4.90 Å². The molecule has 0 heterocycles. The van der Waals surface area contributed by atoms with E-state index in [-0.39, 0.29) is 0 Å². The van der Waals surface area contributed by atoms with E-state index in [2.05, 4.69) is 0 Å². The Morgan fingerprint density at radius 3 is 2.67 bits per heavy atom. The Balaban J connectivity index is 2.94. The van der Waals surface area contributed by atoms with E-state index in [1.807, 2.05) is 0 Å². The first-order valence-electron chi connectivity index (χ1n) is 3.99. The molecule has 0 aliphatic carbocycles. The van der Waals surface area contributed by atoms with Gasteiger partial charge in [-0.05, 0) is 12.1 Å². The van der Waals surface area contributed by atoms with Crippen LogP contribution in [0.2, 0.25) is 0 Å². The molecule has 48 valence electrons. The van der Waals surface area contributed by atoms with Crippen LogP contribution in [0.25, 0.3) is 0 Å². The van der Waals surface area contributed by atoms with Crippen molar-refractivity contribution in [2.75, 3.05) is 6.18 Å². The SMILES string of the molecule is [2H]C([2H])([2H])S(=O)c1ccccc1. The molecule has 0 spiro atoms. The van der Waals surface area contributed by atoms with Crippen LogP contribution >= 0.6 is 0 Å². The zero-order chi connectivity index (χ0) is 9.19. The molecule has 1 aromatic carbocycles. The summed E-state index contributed by atoms with van der Waals surface area (Å²) in [7, 11) is -1.90. The van der Waals surface area contributed by atoms with E-state index in [0.717, 1.165) is 0 Å². The number of hydrogen-bond acceptors (Lipinski definition) is 1. The summed E-state index contributed by atoms with van der Waals surface area (Å²) in [5, 5.41) is 0. The molecule has 0 aliphatic heterocycles. The molecule has 1 unspecified atom stereocenters. The minimum atomic E-state index is -2.42. The van der Waals surface area contributed by atoms with Crippen LogP contribution in [0.4, 0.5) is 0 Å². The van der Waals surface area contributed by atoms with Gasteiger partial charge in [0.15, 0.2) is 0 Å². The van der Waals surface area contributed by atoms with Crippen LogP contribution in [0.1, 0.15) is 4.11 Å². The summed E-state index contributed by atoms with van der Waals surface area (Å²) < 4.78 is 31.9. The zero-order valence-corrected chi connectivity index (χ0v) is 5.52. The van der Waals surface area contributed by atoms with Crippen molar-refractivity contribution in [3.63, 3.8) is 0 Å². The van der Waals surface area contributed by atoms with Gasteiger partial charge in [-0.1, -0.05) is 18.2 Å². The number of benzene rings is 1. The van der Waals surface area contributed by atoms with Crippen molar-refractivity contribution in [1.82, 2.24) is 0 Å². The van der Waals surface area contributed by atoms with Gasteiger partial charge in [-0.3, -0.25) is 4.21 Å². The molecule has 0 bridgehead atoms. The van der Waals surface area contributed by atoms with Gasteiger partial charge in [-0.2, -0.15) is 0 Å². The summed E-state index contributed by atoms with van der Waals surface area (Å²) in [4.78, 5) is 0.345. The second kappa shape index (κ2) is 2.78. The van der Waals surface area contributed by atoms with E-state index < -0.39 is 17.0 Å². The molecular weight excluding hydrogens is 132 g/mol. The molecule has 0 aromatic heterocycles. The molecule has 1 atom stereocenters. The average molecular weight is 143 g/mol. The summed E-state index contributed by atoms with van der Waals surface area (Å²) in [6.07, 6.45) is -2.42. The third-order valence-electron chi connectivity index (χ3n) is 0.957. The maximum Gasteiger partial charge on any atom is 0.0498 e. The first-order valence-corrected chi connectivity index (χ1v) is 3.64. The normalized spacial score (nSPS) is 19.3. The van der Waals surface area contributed by atoms with E-state index in [1.165, 1.54) is 0 Å². The van der Waals surface area contributed by atoms with Gasteiger partial charge in [0, 0.05) is 26.0 Å². The first kappa shape index (κ1) is 3.52. The fourth-order valence-corrected chi connectivity index (χ4v) is 0.948. The Morgan fingerprint density at radius 2 is 2.11 bits per heavy atom. The highest BCUT2D eigenvalue weighted by Crippen LogP contribution is 2.01. The van der Waals surface area contributed by atoms with Crippen LogP contribution < -0.4 is 0 Å². The molecule has 0 amide bonds. The lowest BCUT2D eigenvalue weighted by atomic mass is 10.4. The highest BCUT2D eigenvalue weighted by Gasteiger charge is 1.90. The molecule has 1 rings (SSSR count). The van der Waals surface area contributed by atoms with Crippen molar-refractivity contribution in [3.05, 3.63) is 30.3 Å². The lowest BCUT2D eigenvalue weighted by Crippen LogP contribution is -1.83. The predicted octanol–water partition coefficient (Wildman–Crippen LogP) is 1.42. The van der Waals surface area contributed by atoms with E-state index in [9.17, 15) is 4.21 Å². The minimum Gasteiger partial charge on any atom is -0.255 e. The number of rotatable bonds is 1. The smallest absolute Gasteiger partial charge is 0.0498 e. The average Bonchev–Trinajstić information content (AvgIpc) is 2.03. The van der Waals surface area contributed by atoms with E-state index in [0.29, 0.717) is 4.90 Å². The van der Waals surface area contributed by atoms with Crippen LogP contribution in [0.3, 0.4) is 0 Å². The molecule has 1 nitrogen and oxygen atoms in total. The van der Waals surface area contributed by atoms with Crippen LogP contribution in [0, 0.1) is 0 Å². The minimum absolute atomic E-state index is 0.345. The molecule has 0 radical (unpaired) electrons. The first-order chi connectivity index (χ1) is 5.52. The summed E-state index contributed by atoms with van der Waals surface area (Å²) in [5.74, 6) is 0. The molecule has 0 fully saturated rings. The predicted molar refractivity (Wildman–Crippen MR) is 38.8 cm³/mol. The van der Waals surface area contributed by atoms with Gasteiger partial charge in [0.1, 0.15) is 0 Å². The van der Waals surface area contributed by atoms with Gasteiger partial charge < -0.3 is 0 Å². The Hall–Kier alpha value is -0.630. The molecule has 1 aromatic rings. The standard InChI is InChI=1S/C7H8OS/c1-9(8)7-5-3-2-4-6-7/h2-6H,1H3/i1D3. The van der Waals surface area contributed by atoms with Crippen molar-refractivity contribution >= 4 is 10.8 Å². The second-order valence-electron chi connectivity index (χ2n) is 1.58. The summed E-state index contributed by atoms with van der Waals surface area (Å²) >= 11 is 0. The Morgan fingerprint density at radius 1 is 1.44 bits per heavy atom. The number of hydrogen-bond donors (Lipinski definition) is 0. The van der Waals surface area contributed by atoms with Crippen LogP contribution in [0.15, 0.2) is 35.2 Å².